The summed E-state index contributed by atoms with van der Waals surface area (Å²) >= 11 is 3.36. The lowest BCUT2D eigenvalue weighted by Gasteiger charge is -2.28. The SMILES string of the molecule is OC(CNN1CCOCC1)COc1ccc(Br)cc1. The van der Waals surface area contributed by atoms with Crippen LogP contribution >= 0.6 is 15.9 Å². The van der Waals surface area contributed by atoms with Crippen molar-refractivity contribution in [2.45, 2.75) is 6.10 Å². The molecular weight excluding hydrogens is 312 g/mol. The highest BCUT2D eigenvalue weighted by molar-refractivity contribution is 9.10. The predicted octanol–water partition coefficient (Wildman–Crippen LogP) is 1.03. The predicted molar refractivity (Wildman–Crippen MR) is 76.0 cm³/mol. The Morgan fingerprint density at radius 3 is 2.68 bits per heavy atom. The molecule has 0 radical (unpaired) electrons. The van der Waals surface area contributed by atoms with Crippen LogP contribution in [0.25, 0.3) is 0 Å². The Hall–Kier alpha value is -0.660. The molecule has 5 nitrogen and oxygen atoms in total. The van der Waals surface area contributed by atoms with Gasteiger partial charge in [0.25, 0.3) is 0 Å². The van der Waals surface area contributed by atoms with Crippen LogP contribution in [0.3, 0.4) is 0 Å². The van der Waals surface area contributed by atoms with Crippen LogP contribution in [0.4, 0.5) is 0 Å². The average Bonchev–Trinajstić information content (AvgIpc) is 2.45. The Labute approximate surface area is 121 Å². The van der Waals surface area contributed by atoms with Crippen molar-refractivity contribution in [3.8, 4) is 5.75 Å². The van der Waals surface area contributed by atoms with Gasteiger partial charge in [-0.2, -0.15) is 0 Å². The van der Waals surface area contributed by atoms with Gasteiger partial charge in [-0.1, -0.05) is 15.9 Å². The molecule has 1 unspecified atom stereocenters. The average molecular weight is 331 g/mol. The quantitative estimate of drug-likeness (QED) is 0.815. The molecule has 1 saturated heterocycles. The van der Waals surface area contributed by atoms with Gasteiger partial charge in [-0.3, -0.25) is 5.43 Å². The molecule has 0 amide bonds. The summed E-state index contributed by atoms with van der Waals surface area (Å²) in [7, 11) is 0. The Morgan fingerprint density at radius 1 is 1.32 bits per heavy atom. The Morgan fingerprint density at radius 2 is 2.00 bits per heavy atom. The van der Waals surface area contributed by atoms with Gasteiger partial charge in [0.2, 0.25) is 0 Å². The van der Waals surface area contributed by atoms with Gasteiger partial charge in [-0.25, -0.2) is 5.01 Å². The smallest absolute Gasteiger partial charge is 0.119 e. The van der Waals surface area contributed by atoms with E-state index in [0.717, 1.165) is 36.5 Å². The van der Waals surface area contributed by atoms with Gasteiger partial charge >= 0.3 is 0 Å². The summed E-state index contributed by atoms with van der Waals surface area (Å²) in [5.74, 6) is 0.758. The third kappa shape index (κ3) is 5.46. The lowest BCUT2D eigenvalue weighted by Crippen LogP contribution is -2.48. The van der Waals surface area contributed by atoms with E-state index < -0.39 is 6.10 Å². The molecule has 0 saturated carbocycles. The standard InChI is InChI=1S/C13H19BrN2O3/c14-11-1-3-13(4-2-11)19-10-12(17)9-15-16-5-7-18-8-6-16/h1-4,12,15,17H,5-10H2. The zero-order valence-electron chi connectivity index (χ0n) is 10.7. The number of aliphatic hydroxyl groups excluding tert-OH is 1. The van der Waals surface area contributed by atoms with Crippen LogP contribution < -0.4 is 10.2 Å². The van der Waals surface area contributed by atoms with Gasteiger partial charge in [-0.05, 0) is 24.3 Å². The summed E-state index contributed by atoms with van der Waals surface area (Å²) in [4.78, 5) is 0. The first-order valence-electron chi connectivity index (χ1n) is 6.36. The zero-order chi connectivity index (χ0) is 13.5. The molecule has 19 heavy (non-hydrogen) atoms. The number of morpholine rings is 1. The minimum atomic E-state index is -0.536. The van der Waals surface area contributed by atoms with E-state index in [4.69, 9.17) is 9.47 Å². The maximum Gasteiger partial charge on any atom is 0.119 e. The molecule has 1 fully saturated rings. The lowest BCUT2D eigenvalue weighted by atomic mass is 10.3. The Bertz CT molecular complexity index is 369. The van der Waals surface area contributed by atoms with Gasteiger partial charge in [0, 0.05) is 24.1 Å². The third-order valence-corrected chi connectivity index (χ3v) is 3.35. The number of hydrogen-bond acceptors (Lipinski definition) is 5. The molecule has 106 valence electrons. The number of rotatable bonds is 6. The largest absolute Gasteiger partial charge is 0.491 e. The van der Waals surface area contributed by atoms with E-state index >= 15 is 0 Å². The molecule has 1 aromatic carbocycles. The fourth-order valence-electron chi connectivity index (χ4n) is 1.74. The number of nitrogens with one attached hydrogen (secondary N) is 1. The third-order valence-electron chi connectivity index (χ3n) is 2.82. The molecule has 1 aromatic rings. The van der Waals surface area contributed by atoms with E-state index in [1.807, 2.05) is 24.3 Å². The first kappa shape index (κ1) is 14.7. The van der Waals surface area contributed by atoms with E-state index in [-0.39, 0.29) is 6.61 Å². The highest BCUT2D eigenvalue weighted by Gasteiger charge is 2.12. The molecule has 6 heteroatoms. The van der Waals surface area contributed by atoms with Gasteiger partial charge in [-0.15, -0.1) is 0 Å². The van der Waals surface area contributed by atoms with Crippen LogP contribution in [0.15, 0.2) is 28.7 Å². The second-order valence-corrected chi connectivity index (χ2v) is 5.30. The van der Waals surface area contributed by atoms with Gasteiger partial charge in [0.15, 0.2) is 0 Å². The number of nitrogens with zero attached hydrogens (tertiary/aromatic N) is 1. The number of benzene rings is 1. The molecule has 0 bridgehead atoms. The molecule has 2 rings (SSSR count). The van der Waals surface area contributed by atoms with Crippen molar-refractivity contribution in [3.05, 3.63) is 28.7 Å². The molecule has 0 aromatic heterocycles. The second-order valence-electron chi connectivity index (χ2n) is 4.38. The van der Waals surface area contributed by atoms with E-state index in [2.05, 4.69) is 26.4 Å². The number of hydrazine groups is 1. The monoisotopic (exact) mass is 330 g/mol. The molecule has 1 aliphatic rings. The lowest BCUT2D eigenvalue weighted by molar-refractivity contribution is -0.000790. The van der Waals surface area contributed by atoms with E-state index in [1.54, 1.807) is 0 Å². The molecule has 0 aliphatic carbocycles. The normalized spacial score (nSPS) is 18.2. The molecule has 1 heterocycles. The Balaban J connectivity index is 1.63. The van der Waals surface area contributed by atoms with Crippen LogP contribution in [0.5, 0.6) is 5.75 Å². The van der Waals surface area contributed by atoms with Gasteiger partial charge < -0.3 is 14.6 Å². The van der Waals surface area contributed by atoms with E-state index in [1.165, 1.54) is 0 Å². The minimum absolute atomic E-state index is 0.277. The van der Waals surface area contributed by atoms with Gasteiger partial charge in [0.05, 0.1) is 13.2 Å². The maximum atomic E-state index is 9.84. The van der Waals surface area contributed by atoms with Crippen LogP contribution in [-0.2, 0) is 4.74 Å². The maximum absolute atomic E-state index is 9.84. The van der Waals surface area contributed by atoms with Crippen molar-refractivity contribution in [2.75, 3.05) is 39.5 Å². The van der Waals surface area contributed by atoms with Crippen LogP contribution in [0, 0.1) is 0 Å². The van der Waals surface area contributed by atoms with Crippen molar-refractivity contribution in [3.63, 3.8) is 0 Å². The van der Waals surface area contributed by atoms with E-state index in [0.29, 0.717) is 6.54 Å². The van der Waals surface area contributed by atoms with Crippen molar-refractivity contribution < 1.29 is 14.6 Å². The van der Waals surface area contributed by atoms with Crippen LogP contribution in [-0.4, -0.2) is 55.7 Å². The topological polar surface area (TPSA) is 54.0 Å². The number of ether oxygens (including phenoxy) is 2. The molecule has 0 spiro atoms. The Kier molecular flexibility index (Phi) is 6.06. The number of hydrogen-bond donors (Lipinski definition) is 2. The highest BCUT2D eigenvalue weighted by Crippen LogP contribution is 2.16. The highest BCUT2D eigenvalue weighted by atomic mass is 79.9. The summed E-state index contributed by atoms with van der Waals surface area (Å²) in [6.45, 7) is 3.92. The zero-order valence-corrected chi connectivity index (χ0v) is 12.3. The fraction of sp³-hybridized carbons (Fsp3) is 0.538. The fourth-order valence-corrected chi connectivity index (χ4v) is 2.00. The summed E-state index contributed by atoms with van der Waals surface area (Å²) in [6, 6.07) is 7.56. The van der Waals surface area contributed by atoms with Crippen molar-refractivity contribution in [1.82, 2.24) is 10.4 Å². The summed E-state index contributed by atoms with van der Waals surface area (Å²) < 4.78 is 11.8. The summed E-state index contributed by atoms with van der Waals surface area (Å²) in [6.07, 6.45) is -0.536. The number of halogens is 1. The molecule has 2 N–H and O–H groups in total. The van der Waals surface area contributed by atoms with E-state index in [9.17, 15) is 5.11 Å². The first-order valence-corrected chi connectivity index (χ1v) is 7.16. The summed E-state index contributed by atoms with van der Waals surface area (Å²) in [5.41, 5.74) is 3.18. The number of aliphatic hydroxyl groups is 1. The molecule has 1 aliphatic heterocycles. The van der Waals surface area contributed by atoms with Crippen LogP contribution in [0.1, 0.15) is 0 Å². The molecular formula is C13H19BrN2O3. The van der Waals surface area contributed by atoms with Crippen molar-refractivity contribution >= 4 is 15.9 Å². The van der Waals surface area contributed by atoms with Crippen molar-refractivity contribution in [2.24, 2.45) is 0 Å². The second kappa shape index (κ2) is 7.81. The first-order chi connectivity index (χ1) is 9.24. The molecule has 1 atom stereocenters. The van der Waals surface area contributed by atoms with Gasteiger partial charge in [0.1, 0.15) is 18.5 Å². The van der Waals surface area contributed by atoms with Crippen LogP contribution in [0.2, 0.25) is 0 Å². The minimum Gasteiger partial charge on any atom is -0.491 e. The van der Waals surface area contributed by atoms with Crippen molar-refractivity contribution in [1.29, 1.82) is 0 Å². The summed E-state index contributed by atoms with van der Waals surface area (Å²) in [5, 5.41) is 11.9.